The summed E-state index contributed by atoms with van der Waals surface area (Å²) in [5, 5.41) is 9.16. The molecule has 0 saturated heterocycles. The first-order chi connectivity index (χ1) is 11.8. The van der Waals surface area contributed by atoms with Gasteiger partial charge in [0.25, 0.3) is 0 Å². The van der Waals surface area contributed by atoms with Crippen LogP contribution in [0.4, 0.5) is 4.79 Å². The molecular formula is C18H39N5O2. The van der Waals surface area contributed by atoms with Gasteiger partial charge in [-0.2, -0.15) is 0 Å². The van der Waals surface area contributed by atoms with Gasteiger partial charge in [-0.15, -0.1) is 0 Å². The van der Waals surface area contributed by atoms with Crippen LogP contribution in [0.3, 0.4) is 0 Å². The van der Waals surface area contributed by atoms with Crippen molar-refractivity contribution >= 4 is 12.1 Å². The van der Waals surface area contributed by atoms with Crippen LogP contribution < -0.4 is 16.0 Å². The molecular weight excluding hydrogens is 318 g/mol. The zero-order valence-corrected chi connectivity index (χ0v) is 17.1. The first-order valence-corrected chi connectivity index (χ1v) is 9.53. The van der Waals surface area contributed by atoms with Crippen LogP contribution in [0.1, 0.15) is 54.4 Å². The Balaban J connectivity index is 3.98. The number of nitrogens with zero attached hydrogens (tertiary/aromatic N) is 2. The molecule has 1 amide bonds. The number of aliphatic imine (C=N–C) groups is 1. The average Bonchev–Trinajstić information content (AvgIpc) is 2.53. The summed E-state index contributed by atoms with van der Waals surface area (Å²) in [5.74, 6) is 0.788. The maximum atomic E-state index is 11.6. The van der Waals surface area contributed by atoms with Crippen molar-refractivity contribution in [2.45, 2.75) is 60.0 Å². The van der Waals surface area contributed by atoms with Crippen LogP contribution in [0, 0.1) is 0 Å². The second kappa shape index (κ2) is 13.8. The highest BCUT2D eigenvalue weighted by Crippen LogP contribution is 2.05. The minimum atomic E-state index is -0.473. The quantitative estimate of drug-likeness (QED) is 0.300. The molecule has 0 aliphatic carbocycles. The predicted molar refractivity (Wildman–Crippen MR) is 105 cm³/mol. The molecule has 0 atom stereocenters. The third-order valence-corrected chi connectivity index (χ3v) is 3.48. The first-order valence-electron chi connectivity index (χ1n) is 9.53. The summed E-state index contributed by atoms with van der Waals surface area (Å²) in [6.45, 7) is 18.0. The van der Waals surface area contributed by atoms with Gasteiger partial charge in [-0.3, -0.25) is 4.99 Å². The maximum Gasteiger partial charge on any atom is 0.407 e. The Bertz CT molecular complexity index is 376. The summed E-state index contributed by atoms with van der Waals surface area (Å²) >= 11 is 0. The molecule has 7 nitrogen and oxygen atoms in total. The summed E-state index contributed by atoms with van der Waals surface area (Å²) in [4.78, 5) is 18.6. The molecule has 25 heavy (non-hydrogen) atoms. The lowest BCUT2D eigenvalue weighted by atomic mass is 10.2. The molecule has 0 bridgehead atoms. The van der Waals surface area contributed by atoms with Gasteiger partial charge in [0, 0.05) is 26.2 Å². The van der Waals surface area contributed by atoms with Gasteiger partial charge >= 0.3 is 6.09 Å². The highest BCUT2D eigenvalue weighted by atomic mass is 16.6. The number of amides is 1. The lowest BCUT2D eigenvalue weighted by Crippen LogP contribution is -2.42. The Morgan fingerprint density at radius 2 is 1.64 bits per heavy atom. The van der Waals surface area contributed by atoms with E-state index in [1.807, 2.05) is 27.7 Å². The van der Waals surface area contributed by atoms with Crippen LogP contribution in [-0.4, -0.2) is 68.4 Å². The van der Waals surface area contributed by atoms with E-state index in [-0.39, 0.29) is 0 Å². The number of hydrogen-bond donors (Lipinski definition) is 3. The van der Waals surface area contributed by atoms with Crippen LogP contribution in [0.5, 0.6) is 0 Å². The Labute approximate surface area is 154 Å². The minimum absolute atomic E-state index is 0.396. The van der Waals surface area contributed by atoms with E-state index in [4.69, 9.17) is 4.74 Å². The molecule has 0 heterocycles. The Morgan fingerprint density at radius 1 is 1.00 bits per heavy atom. The molecule has 148 valence electrons. The Hall–Kier alpha value is -1.50. The summed E-state index contributed by atoms with van der Waals surface area (Å²) in [7, 11) is 0. The van der Waals surface area contributed by atoms with Crippen LogP contribution in [0.25, 0.3) is 0 Å². The van der Waals surface area contributed by atoms with E-state index in [1.165, 1.54) is 0 Å². The zero-order valence-electron chi connectivity index (χ0n) is 17.1. The topological polar surface area (TPSA) is 78.0 Å². The molecule has 0 saturated carbocycles. The zero-order chi connectivity index (χ0) is 19.1. The van der Waals surface area contributed by atoms with Crippen molar-refractivity contribution in [2.24, 2.45) is 4.99 Å². The fourth-order valence-electron chi connectivity index (χ4n) is 2.18. The third kappa shape index (κ3) is 14.5. The number of unbranched alkanes of at least 4 members (excludes halogenated alkanes) is 1. The van der Waals surface area contributed by atoms with Crippen LogP contribution in [0.15, 0.2) is 4.99 Å². The van der Waals surface area contributed by atoms with Gasteiger partial charge in [0.15, 0.2) is 5.96 Å². The fourth-order valence-corrected chi connectivity index (χ4v) is 2.18. The standard InChI is InChI=1S/C18H39N5O2/c1-7-19-16(20-12-10-11-15-23(8-2)9-3)21-13-14-22-17(24)25-18(4,5)6/h7-15H2,1-6H3,(H,22,24)(H2,19,20,21). The summed E-state index contributed by atoms with van der Waals surface area (Å²) in [6.07, 6.45) is 1.83. The van der Waals surface area contributed by atoms with E-state index < -0.39 is 11.7 Å². The number of carbonyl (C=O) groups excluding carboxylic acids is 1. The highest BCUT2D eigenvalue weighted by molar-refractivity contribution is 5.79. The van der Waals surface area contributed by atoms with E-state index in [1.54, 1.807) is 0 Å². The number of rotatable bonds is 11. The van der Waals surface area contributed by atoms with E-state index in [0.717, 1.165) is 51.5 Å². The van der Waals surface area contributed by atoms with Crippen molar-refractivity contribution in [1.82, 2.24) is 20.9 Å². The number of ether oxygens (including phenoxy) is 1. The van der Waals surface area contributed by atoms with Crippen molar-refractivity contribution in [2.75, 3.05) is 45.8 Å². The van der Waals surface area contributed by atoms with Gasteiger partial charge in [0.1, 0.15) is 5.60 Å². The Morgan fingerprint density at radius 3 is 2.20 bits per heavy atom. The molecule has 0 aliphatic heterocycles. The van der Waals surface area contributed by atoms with Crippen LogP contribution >= 0.6 is 0 Å². The van der Waals surface area contributed by atoms with Crippen LogP contribution in [-0.2, 0) is 4.74 Å². The molecule has 0 spiro atoms. The third-order valence-electron chi connectivity index (χ3n) is 3.48. The number of alkyl carbamates (subject to hydrolysis) is 1. The molecule has 0 aromatic rings. The van der Waals surface area contributed by atoms with Gasteiger partial charge in [-0.25, -0.2) is 4.79 Å². The maximum absolute atomic E-state index is 11.6. The number of guanidine groups is 1. The van der Waals surface area contributed by atoms with E-state index in [0.29, 0.717) is 13.1 Å². The monoisotopic (exact) mass is 357 g/mol. The summed E-state index contributed by atoms with van der Waals surface area (Å²) in [6, 6.07) is 0. The highest BCUT2D eigenvalue weighted by Gasteiger charge is 2.15. The van der Waals surface area contributed by atoms with Gasteiger partial charge in [-0.1, -0.05) is 13.8 Å². The van der Waals surface area contributed by atoms with Crippen LogP contribution in [0.2, 0.25) is 0 Å². The molecule has 0 fully saturated rings. The molecule has 0 radical (unpaired) electrons. The lowest BCUT2D eigenvalue weighted by Gasteiger charge is -2.20. The normalized spacial score (nSPS) is 12.2. The predicted octanol–water partition coefficient (Wildman–Crippen LogP) is 2.19. The summed E-state index contributed by atoms with van der Waals surface area (Å²) in [5.41, 5.74) is -0.473. The minimum Gasteiger partial charge on any atom is -0.444 e. The van der Waals surface area contributed by atoms with Crippen molar-refractivity contribution in [3.05, 3.63) is 0 Å². The van der Waals surface area contributed by atoms with Gasteiger partial charge in [-0.05, 0) is 60.2 Å². The van der Waals surface area contributed by atoms with E-state index in [2.05, 4.69) is 39.7 Å². The van der Waals surface area contributed by atoms with Gasteiger partial charge < -0.3 is 25.6 Å². The molecule has 0 aromatic heterocycles. The van der Waals surface area contributed by atoms with Crippen molar-refractivity contribution in [3.8, 4) is 0 Å². The SMILES string of the molecule is CCNC(=NCCCCN(CC)CC)NCCNC(=O)OC(C)(C)C. The van der Waals surface area contributed by atoms with Gasteiger partial charge in [0.05, 0.1) is 0 Å². The molecule has 0 unspecified atom stereocenters. The number of carbonyl (C=O) groups is 1. The molecule has 3 N–H and O–H groups in total. The fraction of sp³-hybridized carbons (Fsp3) is 0.889. The van der Waals surface area contributed by atoms with Crippen molar-refractivity contribution < 1.29 is 9.53 Å². The lowest BCUT2D eigenvalue weighted by molar-refractivity contribution is 0.0529. The smallest absolute Gasteiger partial charge is 0.407 e. The average molecular weight is 358 g/mol. The van der Waals surface area contributed by atoms with Crippen molar-refractivity contribution in [1.29, 1.82) is 0 Å². The van der Waals surface area contributed by atoms with E-state index in [9.17, 15) is 4.79 Å². The van der Waals surface area contributed by atoms with Crippen molar-refractivity contribution in [3.63, 3.8) is 0 Å². The second-order valence-electron chi connectivity index (χ2n) is 6.85. The van der Waals surface area contributed by atoms with E-state index >= 15 is 0 Å². The number of hydrogen-bond acceptors (Lipinski definition) is 4. The first kappa shape index (κ1) is 23.5. The second-order valence-corrected chi connectivity index (χ2v) is 6.85. The van der Waals surface area contributed by atoms with Gasteiger partial charge in [0.2, 0.25) is 0 Å². The molecule has 7 heteroatoms. The Kier molecular flexibility index (Phi) is 12.9. The molecule has 0 aromatic carbocycles. The number of nitrogens with one attached hydrogen (secondary N) is 3. The molecule has 0 rings (SSSR count). The molecule has 0 aliphatic rings. The largest absolute Gasteiger partial charge is 0.444 e. The summed E-state index contributed by atoms with van der Waals surface area (Å²) < 4.78 is 5.19.